The van der Waals surface area contributed by atoms with Gasteiger partial charge in [0.2, 0.25) is 5.88 Å². The summed E-state index contributed by atoms with van der Waals surface area (Å²) in [4.78, 5) is 15.7. The molecule has 0 unspecified atom stereocenters. The lowest BCUT2D eigenvalue weighted by Gasteiger charge is -2.03. The Hall–Kier alpha value is -2.82. The highest BCUT2D eigenvalue weighted by atomic mass is 16.3. The van der Waals surface area contributed by atoms with Crippen molar-refractivity contribution < 1.29 is 14.6 Å². The summed E-state index contributed by atoms with van der Waals surface area (Å²) in [6.07, 6.45) is 1.42. The Morgan fingerprint density at radius 1 is 1.05 bits per heavy atom. The Morgan fingerprint density at radius 3 is 2.63 bits per heavy atom. The molecule has 1 aromatic carbocycles. The van der Waals surface area contributed by atoms with Crippen LogP contribution in [-0.4, -0.2) is 15.2 Å². The van der Waals surface area contributed by atoms with Gasteiger partial charge in [0, 0.05) is 23.9 Å². The third kappa shape index (κ3) is 2.01. The van der Waals surface area contributed by atoms with E-state index in [0.717, 1.165) is 0 Å². The summed E-state index contributed by atoms with van der Waals surface area (Å²) in [7, 11) is 0. The van der Waals surface area contributed by atoms with Gasteiger partial charge in [0.1, 0.15) is 17.1 Å². The largest absolute Gasteiger partial charge is 0.508 e. The number of fused-ring (bicyclic) bond motifs is 1. The van der Waals surface area contributed by atoms with Crippen LogP contribution in [0.15, 0.2) is 51.8 Å². The molecule has 0 aliphatic carbocycles. The minimum Gasteiger partial charge on any atom is -0.508 e. The van der Waals surface area contributed by atoms with Crippen molar-refractivity contribution in [2.45, 2.75) is 0 Å². The second-order valence-electron chi connectivity index (χ2n) is 4.06. The van der Waals surface area contributed by atoms with Crippen molar-refractivity contribution in [3.63, 3.8) is 0 Å². The average molecular weight is 255 g/mol. The standard InChI is InChI=1S/C14H9NO4/c16-9-2-3-12-10(5-9)11(17)6-13(19-12)8-1-4-14(18)15-7-8/h1-7,16H,(H,15,18). The van der Waals surface area contributed by atoms with E-state index in [1.54, 1.807) is 6.07 Å². The van der Waals surface area contributed by atoms with Gasteiger partial charge in [-0.1, -0.05) is 0 Å². The van der Waals surface area contributed by atoms with Crippen LogP contribution in [0.25, 0.3) is 22.3 Å². The number of aromatic nitrogens is 1. The molecule has 3 rings (SSSR count). The number of hydrogen-bond acceptors (Lipinski definition) is 5. The first-order chi connectivity index (χ1) is 9.13. The number of rotatable bonds is 1. The number of hydrogen-bond donors (Lipinski definition) is 2. The molecule has 2 aromatic heterocycles. The first-order valence-electron chi connectivity index (χ1n) is 5.56. The van der Waals surface area contributed by atoms with Gasteiger partial charge in [0.15, 0.2) is 5.43 Å². The van der Waals surface area contributed by atoms with Crippen LogP contribution in [0.2, 0.25) is 0 Å². The number of nitrogens with zero attached hydrogens (tertiary/aromatic N) is 1. The first-order valence-corrected chi connectivity index (χ1v) is 5.56. The summed E-state index contributed by atoms with van der Waals surface area (Å²) < 4.78 is 5.59. The molecule has 0 spiro atoms. The van der Waals surface area contributed by atoms with Crippen molar-refractivity contribution in [2.24, 2.45) is 0 Å². The summed E-state index contributed by atoms with van der Waals surface area (Å²) in [5.74, 6) is 0.270. The third-order valence-electron chi connectivity index (χ3n) is 2.74. The maximum atomic E-state index is 12.0. The Balaban J connectivity index is 2.24. The van der Waals surface area contributed by atoms with Crippen LogP contribution in [0.1, 0.15) is 0 Å². The van der Waals surface area contributed by atoms with Crippen molar-refractivity contribution in [1.82, 2.24) is 4.98 Å². The molecule has 3 aromatic rings. The Morgan fingerprint density at radius 2 is 1.89 bits per heavy atom. The lowest BCUT2D eigenvalue weighted by atomic mass is 10.1. The van der Waals surface area contributed by atoms with Gasteiger partial charge >= 0.3 is 0 Å². The zero-order chi connectivity index (χ0) is 13.4. The van der Waals surface area contributed by atoms with E-state index in [1.807, 2.05) is 0 Å². The van der Waals surface area contributed by atoms with Gasteiger partial charge in [-0.2, -0.15) is 0 Å². The van der Waals surface area contributed by atoms with Crippen molar-refractivity contribution in [1.29, 1.82) is 0 Å². The molecule has 0 fully saturated rings. The van der Waals surface area contributed by atoms with E-state index in [2.05, 4.69) is 4.98 Å². The number of benzene rings is 1. The highest BCUT2D eigenvalue weighted by Crippen LogP contribution is 2.24. The molecular weight excluding hydrogens is 246 g/mol. The normalized spacial score (nSPS) is 10.7. The van der Waals surface area contributed by atoms with Crippen LogP contribution >= 0.6 is 0 Å². The zero-order valence-electron chi connectivity index (χ0n) is 9.70. The zero-order valence-corrected chi connectivity index (χ0v) is 9.70. The van der Waals surface area contributed by atoms with E-state index < -0.39 is 0 Å². The quantitative estimate of drug-likeness (QED) is 0.696. The van der Waals surface area contributed by atoms with E-state index in [1.165, 1.54) is 36.5 Å². The van der Waals surface area contributed by atoms with E-state index in [0.29, 0.717) is 22.3 Å². The van der Waals surface area contributed by atoms with Crippen LogP contribution in [0.4, 0.5) is 0 Å². The van der Waals surface area contributed by atoms with Crippen LogP contribution in [0.3, 0.4) is 0 Å². The van der Waals surface area contributed by atoms with Crippen LogP contribution in [-0.2, 0) is 0 Å². The molecule has 0 atom stereocenters. The van der Waals surface area contributed by atoms with Gasteiger partial charge in [-0.15, -0.1) is 0 Å². The van der Waals surface area contributed by atoms with Crippen molar-refractivity contribution >= 4 is 11.0 Å². The third-order valence-corrected chi connectivity index (χ3v) is 2.74. The molecule has 94 valence electrons. The fraction of sp³-hybridized carbons (Fsp3) is 0. The predicted molar refractivity (Wildman–Crippen MR) is 69.0 cm³/mol. The molecule has 0 aliphatic heterocycles. The smallest absolute Gasteiger partial charge is 0.210 e. The molecule has 0 amide bonds. The molecule has 2 heterocycles. The second kappa shape index (κ2) is 4.13. The van der Waals surface area contributed by atoms with Gasteiger partial charge in [0.05, 0.1) is 5.39 Å². The van der Waals surface area contributed by atoms with Crippen LogP contribution < -0.4 is 5.43 Å². The molecule has 5 heteroatoms. The summed E-state index contributed by atoms with van der Waals surface area (Å²) in [6.45, 7) is 0. The first kappa shape index (κ1) is 11.3. The fourth-order valence-electron chi connectivity index (χ4n) is 1.82. The number of phenols is 1. The molecule has 19 heavy (non-hydrogen) atoms. The Bertz CT molecular complexity index is 806. The van der Waals surface area contributed by atoms with Crippen molar-refractivity contribution in [3.8, 4) is 23.0 Å². The minimum atomic E-state index is -0.250. The molecule has 5 nitrogen and oxygen atoms in total. The summed E-state index contributed by atoms with van der Waals surface area (Å²) in [6, 6.07) is 8.69. The molecule has 0 aliphatic rings. The number of phenolic OH excluding ortho intramolecular Hbond substituents is 1. The van der Waals surface area contributed by atoms with Gasteiger partial charge < -0.3 is 14.6 Å². The summed E-state index contributed by atoms with van der Waals surface area (Å²) in [5.41, 5.74) is 0.721. The van der Waals surface area contributed by atoms with E-state index in [4.69, 9.17) is 9.52 Å². The van der Waals surface area contributed by atoms with E-state index >= 15 is 0 Å². The lowest BCUT2D eigenvalue weighted by Crippen LogP contribution is -2.00. The topological polar surface area (TPSA) is 83.6 Å². The summed E-state index contributed by atoms with van der Waals surface area (Å²) in [5, 5.41) is 18.8. The second-order valence-corrected chi connectivity index (χ2v) is 4.06. The van der Waals surface area contributed by atoms with Gasteiger partial charge in [-0.25, -0.2) is 4.98 Å². The van der Waals surface area contributed by atoms with Gasteiger partial charge in [0.25, 0.3) is 0 Å². The molecule has 0 saturated carbocycles. The van der Waals surface area contributed by atoms with Gasteiger partial charge in [-0.3, -0.25) is 4.79 Å². The van der Waals surface area contributed by atoms with Crippen LogP contribution in [0, 0.1) is 0 Å². The highest BCUT2D eigenvalue weighted by Gasteiger charge is 2.08. The minimum absolute atomic E-state index is 0.0128. The fourth-order valence-corrected chi connectivity index (χ4v) is 1.82. The Kier molecular flexibility index (Phi) is 2.45. The lowest BCUT2D eigenvalue weighted by molar-refractivity contribution is 0.453. The predicted octanol–water partition coefficient (Wildman–Crippen LogP) is 2.27. The molecule has 0 bridgehead atoms. The van der Waals surface area contributed by atoms with Crippen LogP contribution in [0.5, 0.6) is 11.6 Å². The molecule has 0 saturated heterocycles. The van der Waals surface area contributed by atoms with Crippen molar-refractivity contribution in [3.05, 3.63) is 52.8 Å². The Labute approximate surface area is 107 Å². The average Bonchev–Trinajstić information content (AvgIpc) is 2.40. The van der Waals surface area contributed by atoms with Gasteiger partial charge in [-0.05, 0) is 24.3 Å². The maximum Gasteiger partial charge on any atom is 0.210 e. The van der Waals surface area contributed by atoms with E-state index in [9.17, 15) is 9.90 Å². The molecular formula is C14H9NO4. The monoisotopic (exact) mass is 255 g/mol. The highest BCUT2D eigenvalue weighted by molar-refractivity contribution is 5.80. The van der Waals surface area contributed by atoms with Crippen molar-refractivity contribution in [2.75, 3.05) is 0 Å². The van der Waals surface area contributed by atoms with E-state index in [-0.39, 0.29) is 17.1 Å². The summed E-state index contributed by atoms with van der Waals surface area (Å²) >= 11 is 0. The molecule has 0 radical (unpaired) electrons. The molecule has 2 N–H and O–H groups in total. The number of pyridine rings is 1. The number of aromatic hydroxyl groups is 2. The SMILES string of the molecule is O=c1cc(-c2ccc(O)nc2)oc2ccc(O)cc12. The maximum absolute atomic E-state index is 12.0.